The molecule has 0 aliphatic heterocycles. The van der Waals surface area contributed by atoms with Crippen molar-refractivity contribution in [3.8, 4) is 5.75 Å². The van der Waals surface area contributed by atoms with Crippen LogP contribution in [-0.2, 0) is 6.61 Å². The molecule has 0 unspecified atom stereocenters. The number of rotatable bonds is 4. The number of benzene rings is 1. The summed E-state index contributed by atoms with van der Waals surface area (Å²) in [5, 5.41) is 11.1. The van der Waals surface area contributed by atoms with Crippen LogP contribution in [-0.4, -0.2) is 14.9 Å². The first-order chi connectivity index (χ1) is 9.44. The highest BCUT2D eigenvalue weighted by molar-refractivity contribution is 9.10. The van der Waals surface area contributed by atoms with Crippen molar-refractivity contribution in [2.45, 2.75) is 13.5 Å². The van der Waals surface area contributed by atoms with E-state index in [1.54, 1.807) is 19.1 Å². The van der Waals surface area contributed by atoms with E-state index < -0.39 is 4.92 Å². The van der Waals surface area contributed by atoms with Gasteiger partial charge >= 0.3 is 0 Å². The van der Waals surface area contributed by atoms with E-state index in [1.807, 2.05) is 0 Å². The largest absolute Gasteiger partial charge is 0.485 e. The normalized spacial score (nSPS) is 10.3. The lowest BCUT2D eigenvalue weighted by atomic mass is 10.3. The summed E-state index contributed by atoms with van der Waals surface area (Å²) in [6.07, 6.45) is 0. The Bertz CT molecular complexity index is 646. The quantitative estimate of drug-likeness (QED) is 0.473. The highest BCUT2D eigenvalue weighted by Crippen LogP contribution is 2.26. The van der Waals surface area contributed by atoms with E-state index in [0.29, 0.717) is 21.2 Å². The minimum Gasteiger partial charge on any atom is -0.485 e. The van der Waals surface area contributed by atoms with Crippen LogP contribution in [0.3, 0.4) is 0 Å². The predicted octanol–water partition coefficient (Wildman–Crippen LogP) is 3.69. The number of ether oxygens (including phenoxy) is 1. The molecule has 0 saturated heterocycles. The van der Waals surface area contributed by atoms with Crippen LogP contribution in [0.1, 0.15) is 11.5 Å². The average molecular weight is 359 g/mol. The van der Waals surface area contributed by atoms with Crippen molar-refractivity contribution < 1.29 is 9.66 Å². The van der Waals surface area contributed by atoms with Gasteiger partial charge in [0.05, 0.1) is 11.0 Å². The highest BCUT2D eigenvalue weighted by atomic mass is 79.9. The van der Waals surface area contributed by atoms with Crippen molar-refractivity contribution in [1.29, 1.82) is 0 Å². The third-order valence-electron chi connectivity index (χ3n) is 2.30. The SMILES string of the molecule is Cc1cc(Cl)nc(COc2cc(Br)cc([N+](=O)[O-])c2)n1. The van der Waals surface area contributed by atoms with Crippen molar-refractivity contribution in [3.05, 3.63) is 55.5 Å². The number of aryl methyl sites for hydroxylation is 1. The minimum absolute atomic E-state index is 0.0578. The van der Waals surface area contributed by atoms with Crippen molar-refractivity contribution in [1.82, 2.24) is 9.97 Å². The van der Waals surface area contributed by atoms with Crippen LogP contribution < -0.4 is 4.74 Å². The molecule has 0 fully saturated rings. The molecular formula is C12H9BrClN3O3. The summed E-state index contributed by atoms with van der Waals surface area (Å²) in [5.74, 6) is 0.768. The second-order valence-corrected chi connectivity index (χ2v) is 5.24. The van der Waals surface area contributed by atoms with E-state index in [9.17, 15) is 10.1 Å². The van der Waals surface area contributed by atoms with Gasteiger partial charge < -0.3 is 4.74 Å². The molecule has 0 spiro atoms. The fourth-order valence-electron chi connectivity index (χ4n) is 1.54. The number of nitro benzene ring substituents is 1. The molecule has 2 aromatic rings. The van der Waals surface area contributed by atoms with Crippen LogP contribution in [0.25, 0.3) is 0 Å². The zero-order valence-electron chi connectivity index (χ0n) is 10.3. The van der Waals surface area contributed by atoms with Gasteiger partial charge in [-0.3, -0.25) is 10.1 Å². The van der Waals surface area contributed by atoms with Crippen molar-refractivity contribution in [2.24, 2.45) is 0 Å². The first-order valence-corrected chi connectivity index (χ1v) is 6.69. The third-order valence-corrected chi connectivity index (χ3v) is 2.96. The van der Waals surface area contributed by atoms with Crippen molar-refractivity contribution in [2.75, 3.05) is 0 Å². The minimum atomic E-state index is -0.488. The number of hydrogen-bond donors (Lipinski definition) is 0. The van der Waals surface area contributed by atoms with Crippen LogP contribution in [0.5, 0.6) is 5.75 Å². The van der Waals surface area contributed by atoms with Gasteiger partial charge in [-0.1, -0.05) is 27.5 Å². The topological polar surface area (TPSA) is 78.2 Å². The van der Waals surface area contributed by atoms with Crippen LogP contribution in [0, 0.1) is 17.0 Å². The Kier molecular flexibility index (Phi) is 4.51. The molecule has 0 N–H and O–H groups in total. The van der Waals surface area contributed by atoms with E-state index in [2.05, 4.69) is 25.9 Å². The molecule has 1 aromatic heterocycles. The van der Waals surface area contributed by atoms with E-state index >= 15 is 0 Å². The fraction of sp³-hybridized carbons (Fsp3) is 0.167. The second kappa shape index (κ2) is 6.15. The van der Waals surface area contributed by atoms with Crippen LogP contribution in [0.2, 0.25) is 5.15 Å². The van der Waals surface area contributed by atoms with Gasteiger partial charge in [-0.15, -0.1) is 0 Å². The Morgan fingerprint density at radius 3 is 2.75 bits per heavy atom. The first-order valence-electron chi connectivity index (χ1n) is 5.52. The zero-order chi connectivity index (χ0) is 14.7. The van der Waals surface area contributed by atoms with Crippen LogP contribution in [0.15, 0.2) is 28.7 Å². The molecule has 0 atom stereocenters. The first kappa shape index (κ1) is 14.7. The van der Waals surface area contributed by atoms with Gasteiger partial charge in [0.1, 0.15) is 17.5 Å². The van der Waals surface area contributed by atoms with Crippen LogP contribution in [0.4, 0.5) is 5.69 Å². The summed E-state index contributed by atoms with van der Waals surface area (Å²) >= 11 is 9.01. The maximum atomic E-state index is 10.8. The number of nitro groups is 1. The lowest BCUT2D eigenvalue weighted by Crippen LogP contribution is -2.03. The molecule has 0 amide bonds. The second-order valence-electron chi connectivity index (χ2n) is 3.94. The fourth-order valence-corrected chi connectivity index (χ4v) is 2.25. The van der Waals surface area contributed by atoms with Gasteiger partial charge in [0, 0.05) is 16.2 Å². The van der Waals surface area contributed by atoms with Gasteiger partial charge in [0.15, 0.2) is 5.82 Å². The van der Waals surface area contributed by atoms with E-state index in [4.69, 9.17) is 16.3 Å². The zero-order valence-corrected chi connectivity index (χ0v) is 12.7. The lowest BCUT2D eigenvalue weighted by molar-refractivity contribution is -0.385. The van der Waals surface area contributed by atoms with E-state index in [1.165, 1.54) is 12.1 Å². The Morgan fingerprint density at radius 1 is 1.35 bits per heavy atom. The van der Waals surface area contributed by atoms with E-state index in [-0.39, 0.29) is 12.3 Å². The van der Waals surface area contributed by atoms with Gasteiger partial charge in [-0.05, 0) is 19.1 Å². The molecular weight excluding hydrogens is 350 g/mol. The summed E-state index contributed by atoms with van der Waals surface area (Å²) in [7, 11) is 0. The van der Waals surface area contributed by atoms with Gasteiger partial charge in [-0.25, -0.2) is 9.97 Å². The predicted molar refractivity (Wildman–Crippen MR) is 76.9 cm³/mol. The molecule has 0 bridgehead atoms. The standard InChI is InChI=1S/C12H9BrClN3O3/c1-7-2-11(14)16-12(15-7)6-20-10-4-8(13)3-9(5-10)17(18)19/h2-5H,6H2,1H3. The van der Waals surface area contributed by atoms with Gasteiger partial charge in [-0.2, -0.15) is 0 Å². The summed E-state index contributed by atoms with van der Waals surface area (Å²) in [5.41, 5.74) is 0.668. The average Bonchev–Trinajstić information content (AvgIpc) is 2.34. The smallest absolute Gasteiger partial charge is 0.274 e. The monoisotopic (exact) mass is 357 g/mol. The van der Waals surface area contributed by atoms with Gasteiger partial charge in [0.25, 0.3) is 5.69 Å². The Hall–Kier alpha value is -1.73. The Balaban J connectivity index is 2.16. The third kappa shape index (κ3) is 3.88. The maximum absolute atomic E-state index is 10.8. The molecule has 20 heavy (non-hydrogen) atoms. The highest BCUT2D eigenvalue weighted by Gasteiger charge is 2.10. The number of non-ortho nitro benzene ring substituents is 1. The summed E-state index contributed by atoms with van der Waals surface area (Å²) in [4.78, 5) is 18.4. The number of halogens is 2. The number of hydrogen-bond acceptors (Lipinski definition) is 5. The molecule has 6 nitrogen and oxygen atoms in total. The molecule has 0 aliphatic rings. The molecule has 8 heteroatoms. The summed E-state index contributed by atoms with van der Waals surface area (Å²) < 4.78 is 6.02. The molecule has 0 saturated carbocycles. The summed E-state index contributed by atoms with van der Waals surface area (Å²) in [6.45, 7) is 1.87. The van der Waals surface area contributed by atoms with Gasteiger partial charge in [0.2, 0.25) is 0 Å². The van der Waals surface area contributed by atoms with Crippen molar-refractivity contribution >= 4 is 33.2 Å². The molecule has 2 rings (SSSR count). The lowest BCUT2D eigenvalue weighted by Gasteiger charge is -2.06. The number of aromatic nitrogens is 2. The Morgan fingerprint density at radius 2 is 2.10 bits per heavy atom. The molecule has 1 heterocycles. The van der Waals surface area contributed by atoms with Crippen molar-refractivity contribution in [3.63, 3.8) is 0 Å². The van der Waals surface area contributed by atoms with E-state index in [0.717, 1.165) is 5.69 Å². The maximum Gasteiger partial charge on any atom is 0.274 e. The number of nitrogens with zero attached hydrogens (tertiary/aromatic N) is 3. The molecule has 104 valence electrons. The summed E-state index contributed by atoms with van der Waals surface area (Å²) in [6, 6.07) is 5.99. The Labute approximate surface area is 128 Å². The molecule has 0 radical (unpaired) electrons. The molecule has 0 aliphatic carbocycles. The van der Waals surface area contributed by atoms with Crippen LogP contribution >= 0.6 is 27.5 Å². The molecule has 1 aromatic carbocycles.